The van der Waals surface area contributed by atoms with E-state index in [1.807, 2.05) is 6.92 Å². The van der Waals surface area contributed by atoms with Gasteiger partial charge in [-0.05, 0) is 6.42 Å². The Hall–Kier alpha value is 0.600. The summed E-state index contributed by atoms with van der Waals surface area (Å²) in [5.74, 6) is -0.285. The summed E-state index contributed by atoms with van der Waals surface area (Å²) in [5.41, 5.74) is 0. The summed E-state index contributed by atoms with van der Waals surface area (Å²) < 4.78 is 0. The standard InChI is InChI=1S/C6H10O2.Ca.2H/c1-2-3-4-6(8)5-7;;;/h5H,2-4H2,1H3;;;. The van der Waals surface area contributed by atoms with Crippen molar-refractivity contribution in [2.45, 2.75) is 26.2 Å². The van der Waals surface area contributed by atoms with Gasteiger partial charge in [0.1, 0.15) is 0 Å². The maximum absolute atomic E-state index is 10.2. The minimum absolute atomic E-state index is 0. The summed E-state index contributed by atoms with van der Waals surface area (Å²) in [6, 6.07) is 0. The molecular formula is C6H12CaO2. The van der Waals surface area contributed by atoms with Crippen LogP contribution in [0, 0.1) is 0 Å². The fourth-order valence-electron chi connectivity index (χ4n) is 0.410. The van der Waals surface area contributed by atoms with Crippen molar-refractivity contribution in [2.24, 2.45) is 0 Å². The molecule has 0 fully saturated rings. The van der Waals surface area contributed by atoms with Crippen LogP contribution in [0.4, 0.5) is 0 Å². The van der Waals surface area contributed by atoms with Gasteiger partial charge in [-0.2, -0.15) is 0 Å². The van der Waals surface area contributed by atoms with Gasteiger partial charge in [0, 0.05) is 6.42 Å². The van der Waals surface area contributed by atoms with Crippen LogP contribution in [0.25, 0.3) is 0 Å². The number of Topliss-reactive ketones (excluding diaryl/α,β-unsaturated/α-hetero) is 1. The van der Waals surface area contributed by atoms with Crippen LogP contribution in [0.1, 0.15) is 26.2 Å². The van der Waals surface area contributed by atoms with E-state index in [0.29, 0.717) is 12.7 Å². The number of hydrogen-bond donors (Lipinski definition) is 0. The van der Waals surface area contributed by atoms with Crippen LogP contribution in [0.15, 0.2) is 0 Å². The minimum atomic E-state index is -0.285. The third kappa shape index (κ3) is 8.60. The van der Waals surface area contributed by atoms with E-state index in [1.165, 1.54) is 0 Å². The summed E-state index contributed by atoms with van der Waals surface area (Å²) in [7, 11) is 0. The monoisotopic (exact) mass is 156 g/mol. The zero-order valence-corrected chi connectivity index (χ0v) is 5.02. The van der Waals surface area contributed by atoms with Crippen molar-refractivity contribution in [3.63, 3.8) is 0 Å². The predicted octanol–water partition coefficient (Wildman–Crippen LogP) is 0.0284. The van der Waals surface area contributed by atoms with E-state index in [0.717, 1.165) is 12.8 Å². The van der Waals surface area contributed by atoms with Gasteiger partial charge in [0.25, 0.3) is 0 Å². The number of aldehydes is 1. The molecule has 0 aromatic heterocycles. The van der Waals surface area contributed by atoms with Crippen LogP contribution < -0.4 is 0 Å². The van der Waals surface area contributed by atoms with Crippen LogP contribution in [-0.4, -0.2) is 49.8 Å². The van der Waals surface area contributed by atoms with E-state index in [9.17, 15) is 9.59 Å². The number of ketones is 1. The molecule has 50 valence electrons. The van der Waals surface area contributed by atoms with Crippen molar-refractivity contribution < 1.29 is 9.59 Å². The van der Waals surface area contributed by atoms with Crippen molar-refractivity contribution in [2.75, 3.05) is 0 Å². The molecule has 0 amide bonds. The fourth-order valence-corrected chi connectivity index (χ4v) is 0.410. The first kappa shape index (κ1) is 12.3. The Morgan fingerprint density at radius 3 is 2.44 bits per heavy atom. The van der Waals surface area contributed by atoms with E-state index >= 15 is 0 Å². The Morgan fingerprint density at radius 1 is 1.56 bits per heavy atom. The molecule has 0 heterocycles. The van der Waals surface area contributed by atoms with Gasteiger partial charge in [-0.3, -0.25) is 9.59 Å². The van der Waals surface area contributed by atoms with E-state index in [1.54, 1.807) is 0 Å². The molecule has 0 radical (unpaired) electrons. The maximum atomic E-state index is 10.2. The Balaban J connectivity index is 0. The molecule has 0 saturated carbocycles. The summed E-state index contributed by atoms with van der Waals surface area (Å²) >= 11 is 0. The second-order valence-corrected chi connectivity index (χ2v) is 1.69. The predicted molar refractivity (Wildman–Crippen MR) is 39.1 cm³/mol. The first-order valence-electron chi connectivity index (χ1n) is 2.79. The number of carbonyl (C=O) groups is 2. The van der Waals surface area contributed by atoms with E-state index in [-0.39, 0.29) is 43.5 Å². The van der Waals surface area contributed by atoms with E-state index in [2.05, 4.69) is 0 Å². The molecule has 9 heavy (non-hydrogen) atoms. The summed E-state index contributed by atoms with van der Waals surface area (Å²) in [6.45, 7) is 1.98. The molecule has 3 heteroatoms. The van der Waals surface area contributed by atoms with Gasteiger partial charge in [0.05, 0.1) is 0 Å². The van der Waals surface area contributed by atoms with Crippen molar-refractivity contribution in [1.82, 2.24) is 0 Å². The SMILES string of the molecule is CCCCC(=O)C=O.[CaH2]. The van der Waals surface area contributed by atoms with Gasteiger partial charge >= 0.3 is 37.7 Å². The molecule has 0 bridgehead atoms. The van der Waals surface area contributed by atoms with E-state index in [4.69, 9.17) is 0 Å². The molecule has 0 aromatic carbocycles. The summed E-state index contributed by atoms with van der Waals surface area (Å²) in [4.78, 5) is 19.9. The first-order chi connectivity index (χ1) is 3.81. The van der Waals surface area contributed by atoms with Crippen molar-refractivity contribution in [3.8, 4) is 0 Å². The van der Waals surface area contributed by atoms with Gasteiger partial charge < -0.3 is 0 Å². The molecule has 0 saturated heterocycles. The zero-order chi connectivity index (χ0) is 6.41. The average Bonchev–Trinajstić information content (AvgIpc) is 1.83. The second kappa shape index (κ2) is 8.60. The molecule has 0 aliphatic carbocycles. The molecule has 0 atom stereocenters. The Kier molecular flexibility index (Phi) is 11.7. The number of rotatable bonds is 4. The van der Waals surface area contributed by atoms with Crippen LogP contribution in [0.3, 0.4) is 0 Å². The molecule has 0 N–H and O–H groups in total. The number of hydrogen-bond acceptors (Lipinski definition) is 2. The van der Waals surface area contributed by atoms with Crippen molar-refractivity contribution in [3.05, 3.63) is 0 Å². The molecule has 0 unspecified atom stereocenters. The van der Waals surface area contributed by atoms with Crippen molar-refractivity contribution >= 4 is 49.8 Å². The van der Waals surface area contributed by atoms with Gasteiger partial charge in [-0.15, -0.1) is 0 Å². The van der Waals surface area contributed by atoms with Crippen LogP contribution in [-0.2, 0) is 9.59 Å². The molecule has 0 spiro atoms. The second-order valence-electron chi connectivity index (χ2n) is 1.69. The topological polar surface area (TPSA) is 34.1 Å². The van der Waals surface area contributed by atoms with Gasteiger partial charge in [-0.25, -0.2) is 0 Å². The first-order valence-corrected chi connectivity index (χ1v) is 2.79. The molecule has 0 rings (SSSR count). The van der Waals surface area contributed by atoms with Gasteiger partial charge in [0.2, 0.25) is 0 Å². The molecule has 0 aliphatic heterocycles. The fraction of sp³-hybridized carbons (Fsp3) is 0.667. The molecular weight excluding hydrogens is 144 g/mol. The summed E-state index contributed by atoms with van der Waals surface area (Å²) in [6.07, 6.45) is 2.60. The molecule has 2 nitrogen and oxygen atoms in total. The van der Waals surface area contributed by atoms with E-state index < -0.39 is 0 Å². The Morgan fingerprint density at radius 2 is 2.11 bits per heavy atom. The quantitative estimate of drug-likeness (QED) is 0.327. The molecule has 0 aliphatic rings. The van der Waals surface area contributed by atoms with Crippen LogP contribution >= 0.6 is 0 Å². The van der Waals surface area contributed by atoms with Crippen LogP contribution in [0.2, 0.25) is 0 Å². The van der Waals surface area contributed by atoms with Crippen LogP contribution in [0.5, 0.6) is 0 Å². The average molecular weight is 156 g/mol. The third-order valence-corrected chi connectivity index (χ3v) is 0.908. The van der Waals surface area contributed by atoms with Crippen molar-refractivity contribution in [1.29, 1.82) is 0 Å². The summed E-state index contributed by atoms with van der Waals surface area (Å²) in [5, 5.41) is 0. The Labute approximate surface area is 85.0 Å². The number of carbonyl (C=O) groups excluding carboxylic acids is 2. The van der Waals surface area contributed by atoms with Gasteiger partial charge in [-0.1, -0.05) is 13.3 Å². The zero-order valence-electron chi connectivity index (χ0n) is 5.02. The third-order valence-electron chi connectivity index (χ3n) is 0.908. The number of unbranched alkanes of at least 4 members (excludes halogenated alkanes) is 1. The Bertz CT molecular complexity index is 91.1. The molecule has 0 aromatic rings. The normalized spacial score (nSPS) is 7.67. The van der Waals surface area contributed by atoms with Gasteiger partial charge in [0.15, 0.2) is 12.1 Å².